The van der Waals surface area contributed by atoms with Crippen molar-refractivity contribution in [3.05, 3.63) is 29.8 Å². The molecule has 0 radical (unpaired) electrons. The number of anilines is 1. The smallest absolute Gasteiger partial charge is 0.319 e. The predicted molar refractivity (Wildman–Crippen MR) is 78.4 cm³/mol. The third-order valence-corrected chi connectivity index (χ3v) is 3.75. The fourth-order valence-corrected chi connectivity index (χ4v) is 2.60. The maximum Gasteiger partial charge on any atom is 0.319 e. The monoisotopic (exact) mass is 261 g/mol. The number of aryl methyl sites for hydroxylation is 1. The van der Waals surface area contributed by atoms with Gasteiger partial charge in [0.15, 0.2) is 0 Å². The first kappa shape index (κ1) is 13.9. The lowest BCUT2D eigenvalue weighted by molar-refractivity contribution is 0.241. The van der Waals surface area contributed by atoms with E-state index < -0.39 is 0 Å². The molecule has 1 fully saturated rings. The maximum absolute atomic E-state index is 11.9. The summed E-state index contributed by atoms with van der Waals surface area (Å²) in [6, 6.07) is 8.65. The lowest BCUT2D eigenvalue weighted by Gasteiger charge is -2.28. The van der Waals surface area contributed by atoms with Gasteiger partial charge < -0.3 is 16.0 Å². The molecule has 1 aliphatic carbocycles. The van der Waals surface area contributed by atoms with Crippen LogP contribution in [0, 0.1) is 6.92 Å². The maximum atomic E-state index is 11.9. The van der Waals surface area contributed by atoms with Gasteiger partial charge in [0.1, 0.15) is 0 Å². The van der Waals surface area contributed by atoms with Crippen molar-refractivity contribution in [1.82, 2.24) is 10.6 Å². The van der Waals surface area contributed by atoms with Crippen LogP contribution in [0.25, 0.3) is 0 Å². The highest BCUT2D eigenvalue weighted by Gasteiger charge is 2.21. The average molecular weight is 261 g/mol. The Bertz CT molecular complexity index is 425. The fourth-order valence-electron chi connectivity index (χ4n) is 2.60. The van der Waals surface area contributed by atoms with Crippen molar-refractivity contribution in [2.24, 2.45) is 0 Å². The first-order valence-electron chi connectivity index (χ1n) is 6.99. The van der Waals surface area contributed by atoms with Gasteiger partial charge in [0.2, 0.25) is 0 Å². The summed E-state index contributed by atoms with van der Waals surface area (Å²) in [5.74, 6) is 0. The van der Waals surface area contributed by atoms with E-state index in [4.69, 9.17) is 0 Å². The quantitative estimate of drug-likeness (QED) is 0.783. The molecule has 2 rings (SSSR count). The van der Waals surface area contributed by atoms with Gasteiger partial charge in [-0.3, -0.25) is 0 Å². The van der Waals surface area contributed by atoms with Crippen molar-refractivity contribution in [2.45, 2.75) is 44.7 Å². The number of nitrogens with one attached hydrogen (secondary N) is 3. The number of benzene rings is 1. The van der Waals surface area contributed by atoms with Crippen molar-refractivity contribution in [1.29, 1.82) is 0 Å². The highest BCUT2D eigenvalue weighted by Crippen LogP contribution is 2.18. The van der Waals surface area contributed by atoms with Crippen LogP contribution in [0.4, 0.5) is 10.5 Å². The summed E-state index contributed by atoms with van der Waals surface area (Å²) in [6.07, 6.45) is 4.36. The summed E-state index contributed by atoms with van der Waals surface area (Å²) in [7, 11) is 2.00. The summed E-state index contributed by atoms with van der Waals surface area (Å²) in [5, 5.41) is 9.24. The summed E-state index contributed by atoms with van der Waals surface area (Å²) in [5.41, 5.74) is 1.99. The van der Waals surface area contributed by atoms with Crippen LogP contribution in [0.1, 0.15) is 31.2 Å². The Kier molecular flexibility index (Phi) is 4.80. The van der Waals surface area contributed by atoms with Gasteiger partial charge in [-0.1, -0.05) is 12.1 Å². The van der Waals surface area contributed by atoms with Crippen LogP contribution in [-0.4, -0.2) is 25.2 Å². The van der Waals surface area contributed by atoms with E-state index in [1.165, 1.54) is 0 Å². The minimum absolute atomic E-state index is 0.0986. The average Bonchev–Trinajstić information content (AvgIpc) is 2.39. The molecule has 0 saturated heterocycles. The Morgan fingerprint density at radius 1 is 1.16 bits per heavy atom. The van der Waals surface area contributed by atoms with E-state index in [0.717, 1.165) is 36.9 Å². The second kappa shape index (κ2) is 6.57. The molecule has 3 N–H and O–H groups in total. The van der Waals surface area contributed by atoms with Crippen LogP contribution in [0.15, 0.2) is 24.3 Å². The number of carbonyl (C=O) groups excluding carboxylic acids is 1. The third kappa shape index (κ3) is 4.24. The summed E-state index contributed by atoms with van der Waals surface area (Å²) < 4.78 is 0. The van der Waals surface area contributed by atoms with Crippen LogP contribution in [-0.2, 0) is 0 Å². The minimum atomic E-state index is -0.0986. The molecule has 2 amide bonds. The molecule has 1 aromatic rings. The Labute approximate surface area is 115 Å². The zero-order valence-electron chi connectivity index (χ0n) is 11.7. The molecular weight excluding hydrogens is 238 g/mol. The molecule has 0 spiro atoms. The molecular formula is C15H23N3O. The molecule has 4 nitrogen and oxygen atoms in total. The number of carbonyl (C=O) groups is 1. The van der Waals surface area contributed by atoms with Crippen LogP contribution in [0.3, 0.4) is 0 Å². The zero-order valence-corrected chi connectivity index (χ0v) is 11.7. The standard InChI is InChI=1S/C15H23N3O/c1-11-4-3-5-14(10-11)18-15(19)17-13-8-6-12(16-2)7-9-13/h3-5,10,12-13,16H,6-9H2,1-2H3,(H2,17,18,19). The summed E-state index contributed by atoms with van der Waals surface area (Å²) in [4.78, 5) is 11.9. The molecule has 0 aromatic heterocycles. The molecule has 1 aromatic carbocycles. The zero-order chi connectivity index (χ0) is 13.7. The predicted octanol–water partition coefficient (Wildman–Crippen LogP) is 2.65. The van der Waals surface area contributed by atoms with E-state index in [1.54, 1.807) is 0 Å². The van der Waals surface area contributed by atoms with Gasteiger partial charge >= 0.3 is 6.03 Å². The number of rotatable bonds is 3. The molecule has 19 heavy (non-hydrogen) atoms. The van der Waals surface area contributed by atoms with Gasteiger partial charge in [-0.15, -0.1) is 0 Å². The topological polar surface area (TPSA) is 53.2 Å². The van der Waals surface area contributed by atoms with Gasteiger partial charge in [0, 0.05) is 17.8 Å². The molecule has 0 heterocycles. The lowest BCUT2D eigenvalue weighted by atomic mass is 9.91. The molecule has 0 atom stereocenters. The molecule has 0 aliphatic heterocycles. The van der Waals surface area contributed by atoms with Crippen LogP contribution in [0.5, 0.6) is 0 Å². The van der Waals surface area contributed by atoms with Crippen molar-refractivity contribution < 1.29 is 4.79 Å². The van der Waals surface area contributed by atoms with Crippen molar-refractivity contribution in [3.63, 3.8) is 0 Å². The second-order valence-electron chi connectivity index (χ2n) is 5.31. The van der Waals surface area contributed by atoms with Crippen molar-refractivity contribution >= 4 is 11.7 Å². The van der Waals surface area contributed by atoms with Gasteiger partial charge in [-0.2, -0.15) is 0 Å². The SMILES string of the molecule is CNC1CCC(NC(=O)Nc2cccc(C)c2)CC1. The molecule has 104 valence electrons. The Morgan fingerprint density at radius 2 is 1.84 bits per heavy atom. The highest BCUT2D eigenvalue weighted by molar-refractivity contribution is 5.89. The number of amides is 2. The molecule has 1 aliphatic rings. The van der Waals surface area contributed by atoms with Gasteiger partial charge in [-0.25, -0.2) is 4.79 Å². The van der Waals surface area contributed by atoms with Crippen LogP contribution >= 0.6 is 0 Å². The van der Waals surface area contributed by atoms with E-state index in [2.05, 4.69) is 16.0 Å². The molecule has 0 bridgehead atoms. The molecule has 4 heteroatoms. The van der Waals surface area contributed by atoms with Crippen molar-refractivity contribution in [2.75, 3.05) is 12.4 Å². The minimum Gasteiger partial charge on any atom is -0.335 e. The first-order chi connectivity index (χ1) is 9.17. The van der Waals surface area contributed by atoms with E-state index >= 15 is 0 Å². The van der Waals surface area contributed by atoms with Gasteiger partial charge in [0.25, 0.3) is 0 Å². The number of hydrogen-bond acceptors (Lipinski definition) is 2. The normalized spacial score (nSPS) is 22.8. The lowest BCUT2D eigenvalue weighted by Crippen LogP contribution is -2.43. The molecule has 1 saturated carbocycles. The van der Waals surface area contributed by atoms with Crippen molar-refractivity contribution in [3.8, 4) is 0 Å². The van der Waals surface area contributed by atoms with E-state index in [-0.39, 0.29) is 6.03 Å². The molecule has 0 unspecified atom stereocenters. The highest BCUT2D eigenvalue weighted by atomic mass is 16.2. The van der Waals surface area contributed by atoms with E-state index in [0.29, 0.717) is 12.1 Å². The fraction of sp³-hybridized carbons (Fsp3) is 0.533. The summed E-state index contributed by atoms with van der Waals surface area (Å²) >= 11 is 0. The Balaban J connectivity index is 1.79. The van der Waals surface area contributed by atoms with Crippen LogP contribution in [0.2, 0.25) is 0 Å². The number of urea groups is 1. The van der Waals surface area contributed by atoms with E-state index in [9.17, 15) is 4.79 Å². The third-order valence-electron chi connectivity index (χ3n) is 3.75. The summed E-state index contributed by atoms with van der Waals surface area (Å²) in [6.45, 7) is 2.02. The second-order valence-corrected chi connectivity index (χ2v) is 5.31. The van der Waals surface area contributed by atoms with E-state index in [1.807, 2.05) is 38.2 Å². The Hall–Kier alpha value is -1.55. The first-order valence-corrected chi connectivity index (χ1v) is 6.99. The Morgan fingerprint density at radius 3 is 2.47 bits per heavy atom. The largest absolute Gasteiger partial charge is 0.335 e. The van der Waals surface area contributed by atoms with Crippen LogP contribution < -0.4 is 16.0 Å². The van der Waals surface area contributed by atoms with Gasteiger partial charge in [0.05, 0.1) is 0 Å². The van der Waals surface area contributed by atoms with Gasteiger partial charge in [-0.05, 0) is 57.4 Å². The number of hydrogen-bond donors (Lipinski definition) is 3.